The van der Waals surface area contributed by atoms with Crippen molar-refractivity contribution in [3.63, 3.8) is 0 Å². The molecule has 1 saturated carbocycles. The lowest BCUT2D eigenvalue weighted by atomic mass is 9.91. The molecule has 0 aliphatic heterocycles. The number of urea groups is 1. The van der Waals surface area contributed by atoms with E-state index in [9.17, 15) is 9.18 Å². The number of nitrogens with zero attached hydrogens (tertiary/aromatic N) is 4. The van der Waals surface area contributed by atoms with E-state index >= 15 is 0 Å². The number of carbonyl (C=O) groups excluding carboxylic acids is 1. The van der Waals surface area contributed by atoms with Crippen LogP contribution >= 0.6 is 0 Å². The number of aromatic amines is 1. The minimum atomic E-state index is -0.512. The van der Waals surface area contributed by atoms with E-state index in [2.05, 4.69) is 40.9 Å². The van der Waals surface area contributed by atoms with Gasteiger partial charge in [-0.3, -0.25) is 0 Å². The van der Waals surface area contributed by atoms with Gasteiger partial charge in [-0.2, -0.15) is 0 Å². The lowest BCUT2D eigenvalue weighted by Gasteiger charge is -2.31. The minimum Gasteiger partial charge on any atom is -0.365 e. The Balaban J connectivity index is 1.48. The fraction of sp³-hybridized carbons (Fsp3) is 0.450. The molecule has 1 aliphatic rings. The number of hydrogen-bond donors (Lipinski definition) is 4. The quantitative estimate of drug-likeness (QED) is 0.511. The van der Waals surface area contributed by atoms with Crippen molar-refractivity contribution in [2.24, 2.45) is 0 Å². The highest BCUT2D eigenvalue weighted by Gasteiger charge is 2.25. The molecule has 30 heavy (non-hydrogen) atoms. The van der Waals surface area contributed by atoms with Gasteiger partial charge < -0.3 is 20.9 Å². The lowest BCUT2D eigenvalue weighted by Crippen LogP contribution is -2.47. The third kappa shape index (κ3) is 4.47. The lowest BCUT2D eigenvalue weighted by molar-refractivity contribution is 0.229. The summed E-state index contributed by atoms with van der Waals surface area (Å²) in [5.74, 6) is 0.0349. The van der Waals surface area contributed by atoms with Gasteiger partial charge in [0.15, 0.2) is 17.5 Å². The van der Waals surface area contributed by atoms with Gasteiger partial charge in [0.1, 0.15) is 12.0 Å². The van der Waals surface area contributed by atoms with Gasteiger partial charge in [0.2, 0.25) is 0 Å². The van der Waals surface area contributed by atoms with Crippen LogP contribution in [0.5, 0.6) is 0 Å². The van der Waals surface area contributed by atoms with Crippen molar-refractivity contribution < 1.29 is 9.18 Å². The summed E-state index contributed by atoms with van der Waals surface area (Å²) in [6.07, 6.45) is 9.45. The van der Waals surface area contributed by atoms with Gasteiger partial charge in [-0.05, 0) is 39.5 Å². The second-order valence-electron chi connectivity index (χ2n) is 7.85. The predicted molar refractivity (Wildman–Crippen MR) is 111 cm³/mol. The van der Waals surface area contributed by atoms with Crippen LogP contribution in [-0.2, 0) is 0 Å². The van der Waals surface area contributed by atoms with Crippen LogP contribution in [0.15, 0.2) is 24.9 Å². The molecule has 3 aromatic heterocycles. The monoisotopic (exact) mass is 412 g/mol. The highest BCUT2D eigenvalue weighted by atomic mass is 19.1. The summed E-state index contributed by atoms with van der Waals surface area (Å²) >= 11 is 0. The molecule has 9 nitrogen and oxygen atoms in total. The van der Waals surface area contributed by atoms with Crippen molar-refractivity contribution in [3.05, 3.63) is 30.7 Å². The zero-order valence-corrected chi connectivity index (χ0v) is 16.9. The maximum absolute atomic E-state index is 14.4. The summed E-state index contributed by atoms with van der Waals surface area (Å²) in [4.78, 5) is 31.8. The number of H-pyrrole nitrogens is 1. The Hall–Kier alpha value is -3.30. The van der Waals surface area contributed by atoms with Crippen LogP contribution in [0.2, 0.25) is 0 Å². The number of amides is 2. The van der Waals surface area contributed by atoms with Gasteiger partial charge in [-0.1, -0.05) is 0 Å². The van der Waals surface area contributed by atoms with Crippen LogP contribution in [0.3, 0.4) is 0 Å². The molecule has 0 spiro atoms. The molecule has 2 unspecified atom stereocenters. The van der Waals surface area contributed by atoms with E-state index in [0.29, 0.717) is 23.5 Å². The number of aromatic nitrogens is 5. The van der Waals surface area contributed by atoms with Crippen LogP contribution in [0, 0.1) is 5.82 Å². The molecule has 1 aliphatic carbocycles. The molecular weight excluding hydrogens is 387 g/mol. The van der Waals surface area contributed by atoms with E-state index in [1.165, 1.54) is 12.5 Å². The molecule has 4 N–H and O–H groups in total. The summed E-state index contributed by atoms with van der Waals surface area (Å²) in [5, 5.41) is 9.81. The average Bonchev–Trinajstić information content (AvgIpc) is 3.13. The van der Waals surface area contributed by atoms with Gasteiger partial charge in [0.05, 0.1) is 6.20 Å². The van der Waals surface area contributed by atoms with Gasteiger partial charge >= 0.3 is 6.03 Å². The molecule has 3 aromatic rings. The van der Waals surface area contributed by atoms with Gasteiger partial charge in [-0.25, -0.2) is 29.1 Å². The zero-order valence-electron chi connectivity index (χ0n) is 16.9. The third-order valence-corrected chi connectivity index (χ3v) is 5.11. The molecule has 0 saturated heterocycles. The largest absolute Gasteiger partial charge is 0.365 e. The van der Waals surface area contributed by atoms with Crippen molar-refractivity contribution in [3.8, 4) is 11.4 Å². The molecule has 0 aromatic carbocycles. The summed E-state index contributed by atoms with van der Waals surface area (Å²) in [6, 6.07) is -0.0598. The molecule has 4 rings (SSSR count). The number of halogens is 1. The van der Waals surface area contributed by atoms with Crippen molar-refractivity contribution in [1.82, 2.24) is 35.6 Å². The van der Waals surface area contributed by atoms with Crippen LogP contribution in [0.1, 0.15) is 39.5 Å². The van der Waals surface area contributed by atoms with E-state index in [1.54, 1.807) is 12.4 Å². The summed E-state index contributed by atoms with van der Waals surface area (Å²) < 4.78 is 14.4. The van der Waals surface area contributed by atoms with Gasteiger partial charge in [0.25, 0.3) is 0 Å². The number of fused-ring (bicyclic) bond motifs is 1. The molecule has 2 atom stereocenters. The van der Waals surface area contributed by atoms with E-state index in [1.807, 2.05) is 13.8 Å². The summed E-state index contributed by atoms with van der Waals surface area (Å²) in [6.45, 7) is 3.83. The number of carbonyl (C=O) groups is 1. The maximum Gasteiger partial charge on any atom is 0.315 e. The fourth-order valence-corrected chi connectivity index (χ4v) is 3.78. The Morgan fingerprint density at radius 3 is 2.90 bits per heavy atom. The van der Waals surface area contributed by atoms with Crippen LogP contribution in [-0.4, -0.2) is 49.1 Å². The third-order valence-electron chi connectivity index (χ3n) is 5.11. The van der Waals surface area contributed by atoms with Crippen molar-refractivity contribution in [2.75, 3.05) is 5.32 Å². The maximum atomic E-state index is 14.4. The Labute approximate surface area is 173 Å². The van der Waals surface area contributed by atoms with E-state index in [4.69, 9.17) is 0 Å². The van der Waals surface area contributed by atoms with Crippen LogP contribution in [0.4, 0.5) is 15.0 Å². The summed E-state index contributed by atoms with van der Waals surface area (Å²) in [5.41, 5.74) is 1.38. The van der Waals surface area contributed by atoms with Crippen molar-refractivity contribution in [1.29, 1.82) is 0 Å². The SMILES string of the molecule is CC(C)NC(=O)NC1CCCC(Nc2nc(-c3c[nH]c4ncncc34)ncc2F)C1. The number of rotatable bonds is 5. The van der Waals surface area contributed by atoms with Crippen LogP contribution < -0.4 is 16.0 Å². The Morgan fingerprint density at radius 2 is 2.07 bits per heavy atom. The molecule has 1 fully saturated rings. The standard InChI is InChI=1S/C20H25FN8O/c1-11(2)26-20(30)28-13-5-3-4-12(6-13)27-19-16(21)9-24-18(29-19)15-8-23-17-14(15)7-22-10-25-17/h7-13H,3-6H2,1-2H3,(H,22,23,25)(H,24,27,29)(H2,26,28,30). The molecule has 0 bridgehead atoms. The van der Waals surface area contributed by atoms with Gasteiger partial charge in [-0.15, -0.1) is 0 Å². The molecule has 10 heteroatoms. The number of anilines is 1. The Kier molecular flexibility index (Phi) is 5.73. The first-order chi connectivity index (χ1) is 14.5. The predicted octanol–water partition coefficient (Wildman–Crippen LogP) is 2.98. The number of hydrogen-bond acceptors (Lipinski definition) is 6. The second kappa shape index (κ2) is 8.60. The molecular formula is C20H25FN8O. The normalized spacial score (nSPS) is 19.1. The molecule has 158 valence electrons. The fourth-order valence-electron chi connectivity index (χ4n) is 3.78. The topological polar surface area (TPSA) is 121 Å². The van der Waals surface area contributed by atoms with Crippen LogP contribution in [0.25, 0.3) is 22.4 Å². The molecule has 2 amide bonds. The highest BCUT2D eigenvalue weighted by Crippen LogP contribution is 2.27. The molecule has 3 heterocycles. The van der Waals surface area contributed by atoms with E-state index < -0.39 is 5.82 Å². The van der Waals surface area contributed by atoms with Gasteiger partial charge in [0, 0.05) is 41.5 Å². The zero-order chi connectivity index (χ0) is 21.1. The van der Waals surface area contributed by atoms with E-state index in [0.717, 1.165) is 24.6 Å². The van der Waals surface area contributed by atoms with E-state index in [-0.39, 0.29) is 30.0 Å². The first kappa shape index (κ1) is 20.0. The van der Waals surface area contributed by atoms with Crippen molar-refractivity contribution in [2.45, 2.75) is 57.7 Å². The summed E-state index contributed by atoms with van der Waals surface area (Å²) in [7, 11) is 0. The second-order valence-corrected chi connectivity index (χ2v) is 7.85. The van der Waals surface area contributed by atoms with Crippen molar-refractivity contribution >= 4 is 22.9 Å². The number of nitrogens with one attached hydrogen (secondary N) is 4. The highest BCUT2D eigenvalue weighted by molar-refractivity contribution is 5.90. The Morgan fingerprint density at radius 1 is 1.23 bits per heavy atom. The Bertz CT molecular complexity index is 1040. The molecule has 0 radical (unpaired) electrons. The smallest absolute Gasteiger partial charge is 0.315 e. The average molecular weight is 412 g/mol. The first-order valence-electron chi connectivity index (χ1n) is 10.1. The first-order valence-corrected chi connectivity index (χ1v) is 10.1. The minimum absolute atomic E-state index is 0.00616.